The quantitative estimate of drug-likeness (QED) is 0.349. The fourth-order valence-corrected chi connectivity index (χ4v) is 4.46. The monoisotopic (exact) mass is 541 g/mol. The van der Waals surface area contributed by atoms with Gasteiger partial charge in [0.05, 0.1) is 29.4 Å². The maximum atomic E-state index is 14.7. The Balaban J connectivity index is 1.33. The first kappa shape index (κ1) is 25.5. The lowest BCUT2D eigenvalue weighted by molar-refractivity contribution is 0.0628. The smallest absolute Gasteiger partial charge is 0.409 e. The van der Waals surface area contributed by atoms with E-state index in [0.717, 1.165) is 24.0 Å². The maximum Gasteiger partial charge on any atom is 0.409 e. The second-order valence-electron chi connectivity index (χ2n) is 8.68. The van der Waals surface area contributed by atoms with Gasteiger partial charge in [-0.15, -0.1) is 5.10 Å². The number of amides is 1. The van der Waals surface area contributed by atoms with Crippen molar-refractivity contribution in [3.05, 3.63) is 53.7 Å². The molecule has 14 heteroatoms. The van der Waals surface area contributed by atoms with Crippen LogP contribution in [0, 0.1) is 5.82 Å². The molecular weight excluding hydrogens is 517 g/mol. The van der Waals surface area contributed by atoms with Crippen molar-refractivity contribution in [2.45, 2.75) is 18.9 Å². The molecule has 0 unspecified atom stereocenters. The number of aromatic nitrogens is 7. The fraction of sp³-hybridized carbons (Fsp3) is 0.333. The molecule has 1 amide bonds. The number of methoxy groups -OCH3 is 1. The number of nitrogens with zero attached hydrogens (tertiary/aromatic N) is 8. The van der Waals surface area contributed by atoms with E-state index in [-0.39, 0.29) is 41.1 Å². The van der Waals surface area contributed by atoms with Gasteiger partial charge in [0.2, 0.25) is 0 Å². The molecule has 12 nitrogen and oxygen atoms in total. The van der Waals surface area contributed by atoms with Crippen LogP contribution in [-0.4, -0.2) is 79.4 Å². The summed E-state index contributed by atoms with van der Waals surface area (Å²) in [4.78, 5) is 18.2. The van der Waals surface area contributed by atoms with Crippen LogP contribution < -0.4 is 5.73 Å². The van der Waals surface area contributed by atoms with Gasteiger partial charge in [-0.1, -0.05) is 17.7 Å². The molecule has 198 valence electrons. The van der Waals surface area contributed by atoms with Crippen molar-refractivity contribution in [3.63, 3.8) is 0 Å². The number of halogens is 2. The number of pyridine rings is 1. The van der Waals surface area contributed by atoms with Gasteiger partial charge in [0.15, 0.2) is 11.6 Å². The highest BCUT2D eigenvalue weighted by atomic mass is 35.5. The molecule has 3 aromatic heterocycles. The molecule has 1 saturated heterocycles. The first-order valence-electron chi connectivity index (χ1n) is 11.9. The van der Waals surface area contributed by atoms with Gasteiger partial charge in [0, 0.05) is 43.7 Å². The van der Waals surface area contributed by atoms with E-state index in [2.05, 4.69) is 25.6 Å². The van der Waals surface area contributed by atoms with Gasteiger partial charge in [-0.2, -0.15) is 9.78 Å². The van der Waals surface area contributed by atoms with Crippen molar-refractivity contribution >= 4 is 23.5 Å². The molecule has 4 heterocycles. The van der Waals surface area contributed by atoms with Crippen LogP contribution in [0.25, 0.3) is 28.2 Å². The van der Waals surface area contributed by atoms with Gasteiger partial charge in [0.1, 0.15) is 18.1 Å². The number of nitrogens with two attached hydrogens (primary N) is 1. The summed E-state index contributed by atoms with van der Waals surface area (Å²) in [5.74, 6) is -0.250. The average molecular weight is 542 g/mol. The first-order chi connectivity index (χ1) is 18.5. The number of anilines is 1. The zero-order valence-corrected chi connectivity index (χ0v) is 21.3. The number of hydrogen-bond donors (Lipinski definition) is 1. The number of ether oxygens (including phenoxy) is 2. The third-order valence-corrected chi connectivity index (χ3v) is 6.62. The van der Waals surface area contributed by atoms with E-state index < -0.39 is 5.82 Å². The van der Waals surface area contributed by atoms with Gasteiger partial charge in [-0.3, -0.25) is 4.68 Å². The van der Waals surface area contributed by atoms with E-state index >= 15 is 0 Å². The number of carbonyl (C=O) groups excluding carboxylic acids is 1. The third-order valence-electron chi connectivity index (χ3n) is 6.33. The molecule has 5 rings (SSSR count). The SMILES string of the molecule is COCCOC(=O)N1CCC(n2cc(-c3cnc(N)c(-c4nnnn4-c4cccc(Cl)c4F)c3)cn2)CC1. The first-order valence-corrected chi connectivity index (χ1v) is 12.3. The van der Waals surface area contributed by atoms with Gasteiger partial charge in [-0.25, -0.2) is 14.2 Å². The number of nitrogen functional groups attached to an aromatic ring is 1. The Kier molecular flexibility index (Phi) is 7.47. The predicted octanol–water partition coefficient (Wildman–Crippen LogP) is 3.38. The van der Waals surface area contributed by atoms with Crippen LogP contribution in [0.15, 0.2) is 42.9 Å². The Morgan fingerprint density at radius 2 is 2.03 bits per heavy atom. The lowest BCUT2D eigenvalue weighted by Crippen LogP contribution is -2.39. The zero-order chi connectivity index (χ0) is 26.6. The standard InChI is InChI=1S/C24H25ClFN9O3/c1-37-9-10-38-24(36)33-7-5-17(6-8-33)34-14-16(13-29-34)15-11-18(22(27)28-12-15)23-30-31-32-35(23)20-4-2-3-19(25)21(20)26/h2-4,11-14,17H,5-10H2,1H3,(H2,27,28). The van der Waals surface area contributed by atoms with Crippen molar-refractivity contribution < 1.29 is 18.7 Å². The molecule has 0 aliphatic carbocycles. The Hall–Kier alpha value is -4.10. The van der Waals surface area contributed by atoms with Crippen LogP contribution >= 0.6 is 11.6 Å². The van der Waals surface area contributed by atoms with E-state index in [9.17, 15) is 9.18 Å². The summed E-state index contributed by atoms with van der Waals surface area (Å²) >= 11 is 5.95. The van der Waals surface area contributed by atoms with Crippen LogP contribution in [0.3, 0.4) is 0 Å². The van der Waals surface area contributed by atoms with Crippen LogP contribution in [0.5, 0.6) is 0 Å². The Labute approximate surface area is 222 Å². The van der Waals surface area contributed by atoms with E-state index in [4.69, 9.17) is 26.8 Å². The highest BCUT2D eigenvalue weighted by Crippen LogP contribution is 2.31. The molecule has 2 N–H and O–H groups in total. The number of tetrazole rings is 1. The summed E-state index contributed by atoms with van der Waals surface area (Å²) in [5.41, 5.74) is 8.23. The summed E-state index contributed by atoms with van der Waals surface area (Å²) in [6, 6.07) is 6.48. The number of rotatable bonds is 7. The lowest BCUT2D eigenvalue weighted by atomic mass is 10.1. The Bertz CT molecular complexity index is 1440. The van der Waals surface area contributed by atoms with Gasteiger partial charge in [-0.05, 0) is 41.5 Å². The highest BCUT2D eigenvalue weighted by Gasteiger charge is 2.26. The average Bonchev–Trinajstić information content (AvgIpc) is 3.61. The molecule has 1 fully saturated rings. The number of carbonyl (C=O) groups is 1. The Morgan fingerprint density at radius 3 is 2.82 bits per heavy atom. The molecule has 0 atom stereocenters. The fourth-order valence-electron chi connectivity index (χ4n) is 4.29. The van der Waals surface area contributed by atoms with Gasteiger partial charge in [0.25, 0.3) is 0 Å². The van der Waals surface area contributed by atoms with Crippen LogP contribution in [0.1, 0.15) is 18.9 Å². The summed E-state index contributed by atoms with van der Waals surface area (Å²) in [5, 5.41) is 16.2. The van der Waals surface area contributed by atoms with Crippen LogP contribution in [0.4, 0.5) is 15.0 Å². The molecule has 38 heavy (non-hydrogen) atoms. The van der Waals surface area contributed by atoms with Crippen molar-refractivity contribution in [2.24, 2.45) is 0 Å². The van der Waals surface area contributed by atoms with Crippen LogP contribution in [-0.2, 0) is 9.47 Å². The van der Waals surface area contributed by atoms with E-state index in [1.54, 1.807) is 36.5 Å². The zero-order valence-electron chi connectivity index (χ0n) is 20.5. The number of likely N-dealkylation sites (tertiary alicyclic amines) is 1. The highest BCUT2D eigenvalue weighted by molar-refractivity contribution is 6.30. The minimum atomic E-state index is -0.652. The molecule has 0 bridgehead atoms. The van der Waals surface area contributed by atoms with Crippen molar-refractivity contribution in [3.8, 4) is 28.2 Å². The van der Waals surface area contributed by atoms with Gasteiger partial charge >= 0.3 is 6.09 Å². The molecule has 1 aliphatic rings. The summed E-state index contributed by atoms with van der Waals surface area (Å²) in [6.07, 6.45) is 6.45. The second kappa shape index (κ2) is 11.1. The second-order valence-corrected chi connectivity index (χ2v) is 9.09. The van der Waals surface area contributed by atoms with E-state index in [1.807, 2.05) is 10.9 Å². The number of hydrogen-bond acceptors (Lipinski definition) is 9. The van der Waals surface area contributed by atoms with Crippen molar-refractivity contribution in [1.29, 1.82) is 0 Å². The molecule has 0 radical (unpaired) electrons. The van der Waals surface area contributed by atoms with E-state index in [0.29, 0.717) is 25.3 Å². The Morgan fingerprint density at radius 1 is 1.21 bits per heavy atom. The molecule has 4 aromatic rings. The minimum Gasteiger partial charge on any atom is -0.447 e. The third kappa shape index (κ3) is 5.15. The normalized spacial score (nSPS) is 14.1. The van der Waals surface area contributed by atoms with Gasteiger partial charge < -0.3 is 20.1 Å². The lowest BCUT2D eigenvalue weighted by Gasteiger charge is -2.31. The van der Waals surface area contributed by atoms with Crippen molar-refractivity contribution in [1.82, 2.24) is 39.9 Å². The molecule has 0 spiro atoms. The summed E-state index contributed by atoms with van der Waals surface area (Å²) in [7, 11) is 1.56. The van der Waals surface area contributed by atoms with Crippen molar-refractivity contribution in [2.75, 3.05) is 39.1 Å². The summed E-state index contributed by atoms with van der Waals surface area (Å²) in [6.45, 7) is 1.74. The van der Waals surface area contributed by atoms with E-state index in [1.165, 1.54) is 16.8 Å². The minimum absolute atomic E-state index is 0.0509. The topological polar surface area (TPSA) is 139 Å². The predicted molar refractivity (Wildman–Crippen MR) is 136 cm³/mol. The largest absolute Gasteiger partial charge is 0.447 e. The maximum absolute atomic E-state index is 14.7. The molecule has 0 saturated carbocycles. The number of benzene rings is 1. The van der Waals surface area contributed by atoms with Crippen LogP contribution in [0.2, 0.25) is 5.02 Å². The molecular formula is C24H25ClFN9O3. The summed E-state index contributed by atoms with van der Waals surface area (Å²) < 4.78 is 27.9. The number of piperidine rings is 1. The molecule has 1 aromatic carbocycles. The molecule has 1 aliphatic heterocycles.